The largest absolute Gasteiger partial charge is 1.00 e. The summed E-state index contributed by atoms with van der Waals surface area (Å²) in [6.45, 7) is 0. The molecule has 0 spiro atoms. The first-order valence-electron chi connectivity index (χ1n) is 1.88. The van der Waals surface area contributed by atoms with Gasteiger partial charge in [0.1, 0.15) is 0 Å². The molecular weight excluding hydrogens is 196 g/mol. The summed E-state index contributed by atoms with van der Waals surface area (Å²) in [6, 6.07) is 0. The predicted molar refractivity (Wildman–Crippen MR) is 27.0 cm³/mol. The Labute approximate surface area is 99.2 Å². The average molecular weight is 198 g/mol. The van der Waals surface area contributed by atoms with Crippen LogP contribution in [0.1, 0.15) is 0 Å². The van der Waals surface area contributed by atoms with Gasteiger partial charge >= 0.3 is 58.2 Å². The summed E-state index contributed by atoms with van der Waals surface area (Å²) in [7, 11) is 0. The van der Waals surface area contributed by atoms with Gasteiger partial charge in [0.25, 0.3) is 5.43 Å². The molecule has 0 heterocycles. The Morgan fingerprint density at radius 1 is 1.22 bits per heavy atom. The summed E-state index contributed by atoms with van der Waals surface area (Å²) in [6.07, 6.45) is 0. The smallest absolute Gasteiger partial charge is 0.692 e. The van der Waals surface area contributed by atoms with E-state index >= 15 is 0 Å². The van der Waals surface area contributed by atoms with Crippen LogP contribution < -0.4 is 69.0 Å². The molecule has 0 fully saturated rings. The number of hydrogen-bond acceptors (Lipinski definition) is 3. The van der Waals surface area contributed by atoms with E-state index in [0.29, 0.717) is 0 Å². The summed E-state index contributed by atoms with van der Waals surface area (Å²) in [4.78, 5) is 20.0. The first kappa shape index (κ1) is 9.49. The Kier molecular flexibility index (Phi) is 3.21. The zero-order valence-electron chi connectivity index (χ0n) is 4.76. The Bertz CT molecular complexity index is 256. The normalized spacial score (nSPS) is 8.89. The van der Waals surface area contributed by atoms with Gasteiger partial charge in [0.2, 0.25) is 5.43 Å². The van der Waals surface area contributed by atoms with Crippen LogP contribution in [0.5, 0.6) is 5.75 Å². The summed E-state index contributed by atoms with van der Waals surface area (Å²) in [5, 5.41) is 8.28. The van der Waals surface area contributed by atoms with Gasteiger partial charge in [-0.15, -0.1) is 0 Å². The number of nitrogens with one attached hydrogen (secondary N) is 1. The molecule has 0 aliphatic carbocycles. The Morgan fingerprint density at radius 3 is 1.78 bits per heavy atom. The molecule has 0 atom stereocenters. The first-order valence-corrected chi connectivity index (χ1v) is 1.88. The molecule has 5 heteroatoms. The van der Waals surface area contributed by atoms with Gasteiger partial charge < -0.3 is 10.8 Å². The van der Waals surface area contributed by atoms with Gasteiger partial charge in [-0.2, -0.15) is 0 Å². The molecule has 0 aromatic heterocycles. The molecule has 0 aliphatic rings. The van der Waals surface area contributed by atoms with Crippen LogP contribution in [0.4, 0.5) is 5.69 Å². The van der Waals surface area contributed by atoms with Crippen LogP contribution in [-0.2, 0) is 0 Å². The van der Waals surface area contributed by atoms with Gasteiger partial charge in [-0.1, -0.05) is 0 Å². The van der Waals surface area contributed by atoms with Crippen LogP contribution in [0.15, 0.2) is 9.59 Å². The molecule has 0 saturated heterocycles. The summed E-state index contributed by atoms with van der Waals surface area (Å²) < 4.78 is 0. The van der Waals surface area contributed by atoms with Gasteiger partial charge in [-0.25, -0.2) is 0 Å². The van der Waals surface area contributed by atoms with Crippen molar-refractivity contribution in [2.75, 3.05) is 0 Å². The van der Waals surface area contributed by atoms with Crippen molar-refractivity contribution >= 4 is 5.69 Å². The third-order valence-electron chi connectivity index (χ3n) is 0.885. The van der Waals surface area contributed by atoms with E-state index in [1.807, 2.05) is 0 Å². The van der Waals surface area contributed by atoms with Gasteiger partial charge in [-0.05, 0) is 5.69 Å². The van der Waals surface area contributed by atoms with Crippen molar-refractivity contribution in [2.45, 2.75) is 0 Å². The number of aromatic hydroxyl groups is 1. The quantitative estimate of drug-likeness (QED) is 0.442. The van der Waals surface area contributed by atoms with E-state index in [1.54, 1.807) is 0 Å². The zero-order valence-corrected chi connectivity index (χ0v) is 9.68. The van der Waals surface area contributed by atoms with E-state index in [4.69, 9.17) is 10.8 Å². The van der Waals surface area contributed by atoms with Gasteiger partial charge in [-0.3, -0.25) is 9.59 Å². The maximum atomic E-state index is 10.0. The summed E-state index contributed by atoms with van der Waals surface area (Å²) in [5.41, 5.74) is 4.09. The molecule has 0 amide bonds. The molecule has 0 aliphatic heterocycles. The van der Waals surface area contributed by atoms with E-state index in [-0.39, 0.29) is 58.2 Å². The third kappa shape index (κ3) is 1.31. The van der Waals surface area contributed by atoms with E-state index < -0.39 is 22.3 Å². The van der Waals surface area contributed by atoms with Crippen molar-refractivity contribution in [1.82, 2.24) is 0 Å². The molecule has 4 nitrogen and oxygen atoms in total. The molecule has 9 heavy (non-hydrogen) atoms. The minimum Gasteiger partial charge on any atom is -0.692 e. The number of rotatable bonds is 0. The predicted octanol–water partition coefficient (Wildman–Crippen LogP) is -3.32. The van der Waals surface area contributed by atoms with Crippen LogP contribution in [0, 0.1) is 0 Å². The molecule has 42 valence electrons. The molecule has 2 N–H and O–H groups in total. The second-order valence-electron chi connectivity index (χ2n) is 1.38. The minimum absolute atomic E-state index is 0. The van der Waals surface area contributed by atoms with Gasteiger partial charge in [0, 0.05) is 0 Å². The average Bonchev–Trinajstić information content (AvgIpc) is 1.83. The maximum absolute atomic E-state index is 10.0. The fourth-order valence-corrected chi connectivity index (χ4v) is 0.380. The van der Waals surface area contributed by atoms with E-state index in [0.717, 1.165) is 0 Å². The molecular formula is C4H2NO3Rb. The van der Waals surface area contributed by atoms with Crippen LogP contribution in [0.25, 0.3) is 5.73 Å². The fraction of sp³-hybridized carbons (Fsp3) is 0. The minimum atomic E-state index is -0.949. The Morgan fingerprint density at radius 2 is 1.67 bits per heavy atom. The van der Waals surface area contributed by atoms with E-state index in [9.17, 15) is 9.59 Å². The van der Waals surface area contributed by atoms with Crippen molar-refractivity contribution < 1.29 is 63.3 Å². The molecule has 0 bridgehead atoms. The van der Waals surface area contributed by atoms with E-state index in [1.165, 1.54) is 0 Å². The summed E-state index contributed by atoms with van der Waals surface area (Å²) in [5.74, 6) is -0.713. The zero-order chi connectivity index (χ0) is 6.31. The van der Waals surface area contributed by atoms with Crippen molar-refractivity contribution in [3.63, 3.8) is 0 Å². The standard InChI is InChI=1S/C4H3NO3.Rb/c5-1-2(6)4(8)3(1)7;/h(H3,5,6,7,8);/q;+1/p-1. The number of hydrogen-bond donors (Lipinski definition) is 1. The molecule has 0 radical (unpaired) electrons. The Balaban J connectivity index is 0.000000640. The fourth-order valence-electron chi connectivity index (χ4n) is 0.380. The Hall–Kier alpha value is 0.485. The van der Waals surface area contributed by atoms with Crippen LogP contribution in [-0.4, -0.2) is 5.11 Å². The van der Waals surface area contributed by atoms with Crippen LogP contribution in [0.2, 0.25) is 0 Å². The molecule has 1 rings (SSSR count). The van der Waals surface area contributed by atoms with Crippen molar-refractivity contribution in [3.8, 4) is 5.75 Å². The van der Waals surface area contributed by atoms with Crippen molar-refractivity contribution in [1.29, 1.82) is 0 Å². The monoisotopic (exact) mass is 197 g/mol. The van der Waals surface area contributed by atoms with Gasteiger partial charge in [0.15, 0.2) is 5.75 Å². The third-order valence-corrected chi connectivity index (χ3v) is 0.885. The molecule has 1 aromatic rings. The summed E-state index contributed by atoms with van der Waals surface area (Å²) >= 11 is 0. The topological polar surface area (TPSA) is 78.2 Å². The second kappa shape index (κ2) is 3.05. The van der Waals surface area contributed by atoms with E-state index in [2.05, 4.69) is 0 Å². The van der Waals surface area contributed by atoms with Crippen molar-refractivity contribution in [2.24, 2.45) is 0 Å². The second-order valence-corrected chi connectivity index (χ2v) is 1.38. The SMILES string of the molecule is [NH-]c1c(O)c(=O)c1=O.[Rb+]. The van der Waals surface area contributed by atoms with Gasteiger partial charge in [0.05, 0.1) is 0 Å². The maximum Gasteiger partial charge on any atom is 1.00 e. The molecule has 1 aromatic carbocycles. The first-order chi connectivity index (χ1) is 3.64. The molecule has 0 saturated carbocycles. The van der Waals surface area contributed by atoms with Crippen LogP contribution in [0.3, 0.4) is 0 Å². The van der Waals surface area contributed by atoms with Crippen LogP contribution >= 0.6 is 0 Å². The molecule has 0 unspecified atom stereocenters. The van der Waals surface area contributed by atoms with Crippen molar-refractivity contribution in [3.05, 3.63) is 26.2 Å².